The van der Waals surface area contributed by atoms with E-state index in [9.17, 15) is 0 Å². The average molecular weight is 382 g/mol. The third-order valence-electron chi connectivity index (χ3n) is 6.44. The Labute approximate surface area is 173 Å². The van der Waals surface area contributed by atoms with Gasteiger partial charge in [0.2, 0.25) is 0 Å². The number of hydrogen-bond acceptors (Lipinski definition) is 3. The van der Waals surface area contributed by atoms with Crippen LogP contribution in [0.1, 0.15) is 35.4 Å². The standard InChI is InChI=1S/C26H27N3/c1-3-9-21(10-4-1)24(22-11-5-2-6-12-22)26-25(23-13-16-29(26)17-14-23)28-19-20-8-7-15-27-18-20/h1-12,15,18,23-24,26H,13-14,16-17,19H2/b28-25+. The van der Waals surface area contributed by atoms with Crippen molar-refractivity contribution in [3.8, 4) is 0 Å². The van der Waals surface area contributed by atoms with Gasteiger partial charge in [0.1, 0.15) is 0 Å². The predicted octanol–water partition coefficient (Wildman–Crippen LogP) is 4.95. The van der Waals surface area contributed by atoms with E-state index in [-0.39, 0.29) is 0 Å². The van der Waals surface area contributed by atoms with E-state index in [1.54, 1.807) is 0 Å². The number of benzene rings is 2. The van der Waals surface area contributed by atoms with Crippen LogP contribution in [0.15, 0.2) is 90.2 Å². The molecule has 29 heavy (non-hydrogen) atoms. The van der Waals surface area contributed by atoms with Gasteiger partial charge in [0.05, 0.1) is 12.6 Å². The Hall–Kier alpha value is -2.78. The fraction of sp³-hybridized carbons (Fsp3) is 0.308. The lowest BCUT2D eigenvalue weighted by molar-refractivity contribution is 0.135. The zero-order valence-electron chi connectivity index (χ0n) is 16.7. The van der Waals surface area contributed by atoms with Crippen LogP contribution in [0.5, 0.6) is 0 Å². The summed E-state index contributed by atoms with van der Waals surface area (Å²) < 4.78 is 0. The van der Waals surface area contributed by atoms with E-state index >= 15 is 0 Å². The van der Waals surface area contributed by atoms with Crippen molar-refractivity contribution in [1.82, 2.24) is 9.88 Å². The summed E-state index contributed by atoms with van der Waals surface area (Å²) in [5.41, 5.74) is 5.34. The van der Waals surface area contributed by atoms with Gasteiger partial charge in [0.25, 0.3) is 0 Å². The van der Waals surface area contributed by atoms with Crippen LogP contribution in [0.2, 0.25) is 0 Å². The Bertz CT molecular complexity index is 906. The Kier molecular flexibility index (Phi) is 5.23. The molecule has 4 heterocycles. The quantitative estimate of drug-likeness (QED) is 0.626. The predicted molar refractivity (Wildman–Crippen MR) is 118 cm³/mol. The first-order valence-electron chi connectivity index (χ1n) is 10.7. The fourth-order valence-electron chi connectivity index (χ4n) is 5.06. The number of fused-ring (bicyclic) bond motifs is 3. The van der Waals surface area contributed by atoms with Gasteiger partial charge < -0.3 is 0 Å². The number of piperidine rings is 3. The Morgan fingerprint density at radius 3 is 2.10 bits per heavy atom. The van der Waals surface area contributed by atoms with Gasteiger partial charge in [-0.3, -0.25) is 14.9 Å². The molecule has 2 aromatic carbocycles. The van der Waals surface area contributed by atoms with E-state index in [4.69, 9.17) is 4.99 Å². The third kappa shape index (κ3) is 3.75. The van der Waals surface area contributed by atoms with Crippen molar-refractivity contribution in [3.63, 3.8) is 0 Å². The first-order chi connectivity index (χ1) is 14.4. The van der Waals surface area contributed by atoms with Crippen LogP contribution in [0.4, 0.5) is 0 Å². The second-order valence-corrected chi connectivity index (χ2v) is 8.16. The molecule has 0 saturated carbocycles. The maximum Gasteiger partial charge on any atom is 0.0655 e. The highest BCUT2D eigenvalue weighted by atomic mass is 15.2. The SMILES string of the molecule is c1ccc(C(c2ccccc2)C2/C(=N/Cc3cccnc3)C3CCN2CC3)cc1. The van der Waals surface area contributed by atoms with E-state index in [1.165, 1.54) is 48.3 Å². The summed E-state index contributed by atoms with van der Waals surface area (Å²) in [6.45, 7) is 3.08. The maximum atomic E-state index is 5.22. The second kappa shape index (κ2) is 8.30. The number of hydrogen-bond donors (Lipinski definition) is 0. The van der Waals surface area contributed by atoms with Crippen LogP contribution in [-0.2, 0) is 6.54 Å². The first-order valence-corrected chi connectivity index (χ1v) is 10.7. The first kappa shape index (κ1) is 18.3. The van der Waals surface area contributed by atoms with Crippen molar-refractivity contribution in [1.29, 1.82) is 0 Å². The topological polar surface area (TPSA) is 28.5 Å². The van der Waals surface area contributed by atoms with Crippen molar-refractivity contribution in [2.24, 2.45) is 10.9 Å². The molecule has 146 valence electrons. The summed E-state index contributed by atoms with van der Waals surface area (Å²) in [6.07, 6.45) is 6.23. The highest BCUT2D eigenvalue weighted by Crippen LogP contribution is 2.40. The van der Waals surface area contributed by atoms with E-state index < -0.39 is 0 Å². The molecule has 2 bridgehead atoms. The fourth-order valence-corrected chi connectivity index (χ4v) is 5.06. The number of pyridine rings is 1. The average Bonchev–Trinajstić information content (AvgIpc) is 2.81. The summed E-state index contributed by atoms with van der Waals surface area (Å²) >= 11 is 0. The largest absolute Gasteiger partial charge is 0.294 e. The zero-order valence-corrected chi connectivity index (χ0v) is 16.7. The molecule has 0 spiro atoms. The molecule has 1 atom stereocenters. The lowest BCUT2D eigenvalue weighted by Crippen LogP contribution is -2.58. The second-order valence-electron chi connectivity index (χ2n) is 8.16. The molecule has 1 unspecified atom stereocenters. The Morgan fingerprint density at radius 2 is 1.52 bits per heavy atom. The van der Waals surface area contributed by atoms with Crippen LogP contribution in [0.3, 0.4) is 0 Å². The molecule has 3 aromatic rings. The maximum absolute atomic E-state index is 5.22. The van der Waals surface area contributed by atoms with E-state index in [1.807, 2.05) is 18.5 Å². The van der Waals surface area contributed by atoms with Crippen LogP contribution in [0, 0.1) is 5.92 Å². The molecule has 3 nitrogen and oxygen atoms in total. The van der Waals surface area contributed by atoms with Crippen LogP contribution < -0.4 is 0 Å². The van der Waals surface area contributed by atoms with Crippen LogP contribution in [-0.4, -0.2) is 34.7 Å². The van der Waals surface area contributed by atoms with Crippen LogP contribution in [0.25, 0.3) is 0 Å². The lowest BCUT2D eigenvalue weighted by Gasteiger charge is -2.49. The minimum atomic E-state index is 0.313. The molecule has 3 aliphatic heterocycles. The van der Waals surface area contributed by atoms with Gasteiger partial charge in [0, 0.05) is 29.9 Å². The van der Waals surface area contributed by atoms with E-state index in [0.717, 1.165) is 6.54 Å². The van der Waals surface area contributed by atoms with Gasteiger partial charge in [-0.15, -0.1) is 0 Å². The summed E-state index contributed by atoms with van der Waals surface area (Å²) in [4.78, 5) is 12.2. The Morgan fingerprint density at radius 1 is 0.862 bits per heavy atom. The minimum absolute atomic E-state index is 0.313. The molecule has 0 amide bonds. The van der Waals surface area contributed by atoms with Crippen molar-refractivity contribution in [2.75, 3.05) is 13.1 Å². The van der Waals surface area contributed by atoms with E-state index in [0.29, 0.717) is 17.9 Å². The third-order valence-corrected chi connectivity index (χ3v) is 6.44. The summed E-state index contributed by atoms with van der Waals surface area (Å²) in [7, 11) is 0. The lowest BCUT2D eigenvalue weighted by atomic mass is 9.72. The van der Waals surface area contributed by atoms with Crippen molar-refractivity contribution in [3.05, 3.63) is 102 Å². The molecular formula is C26H27N3. The summed E-state index contributed by atoms with van der Waals surface area (Å²) in [5.74, 6) is 0.921. The Balaban J connectivity index is 1.57. The molecule has 0 aliphatic carbocycles. The summed E-state index contributed by atoms with van der Waals surface area (Å²) in [6, 6.07) is 26.4. The van der Waals surface area contributed by atoms with Crippen molar-refractivity contribution in [2.45, 2.75) is 31.3 Å². The van der Waals surface area contributed by atoms with Crippen LogP contribution >= 0.6 is 0 Å². The van der Waals surface area contributed by atoms with Gasteiger partial charge >= 0.3 is 0 Å². The normalized spacial score (nSPS) is 24.9. The highest BCUT2D eigenvalue weighted by molar-refractivity contribution is 5.94. The molecule has 0 radical (unpaired) electrons. The molecule has 6 rings (SSSR count). The highest BCUT2D eigenvalue weighted by Gasteiger charge is 2.43. The number of aromatic nitrogens is 1. The summed E-state index contributed by atoms with van der Waals surface area (Å²) in [5, 5.41) is 0. The van der Waals surface area contributed by atoms with Gasteiger partial charge in [-0.1, -0.05) is 66.7 Å². The molecule has 3 heteroatoms. The van der Waals surface area contributed by atoms with Gasteiger partial charge in [0.15, 0.2) is 0 Å². The van der Waals surface area contributed by atoms with Gasteiger partial charge in [-0.25, -0.2) is 0 Å². The molecule has 3 saturated heterocycles. The minimum Gasteiger partial charge on any atom is -0.294 e. The molecule has 3 aliphatic rings. The molecule has 1 aromatic heterocycles. The van der Waals surface area contributed by atoms with Gasteiger partial charge in [-0.05, 0) is 48.7 Å². The van der Waals surface area contributed by atoms with Crippen molar-refractivity contribution < 1.29 is 0 Å². The number of rotatable bonds is 5. The number of aliphatic imine (C=N–C) groups is 1. The smallest absolute Gasteiger partial charge is 0.0655 e. The molecule has 3 fully saturated rings. The zero-order chi connectivity index (χ0) is 19.5. The van der Waals surface area contributed by atoms with Crippen molar-refractivity contribution >= 4 is 5.71 Å². The van der Waals surface area contributed by atoms with E-state index in [2.05, 4.69) is 76.6 Å². The van der Waals surface area contributed by atoms with Gasteiger partial charge in [-0.2, -0.15) is 0 Å². The number of nitrogens with zero attached hydrogens (tertiary/aromatic N) is 3. The monoisotopic (exact) mass is 381 g/mol. The molecule has 0 N–H and O–H groups in total. The molecular weight excluding hydrogens is 354 g/mol.